The largest absolute Gasteiger partial charge is 0.469 e. The van der Waals surface area contributed by atoms with Crippen molar-refractivity contribution < 1.29 is 9.21 Å². The molecule has 14 heavy (non-hydrogen) atoms. The second-order valence-electron chi connectivity index (χ2n) is 3.80. The van der Waals surface area contributed by atoms with Gasteiger partial charge >= 0.3 is 0 Å². The number of carbonyl (C=O) groups is 1. The molecule has 1 aromatic heterocycles. The van der Waals surface area contributed by atoms with Gasteiger partial charge in [0.05, 0.1) is 12.7 Å². The lowest BCUT2D eigenvalue weighted by Crippen LogP contribution is -2.36. The molecule has 1 unspecified atom stereocenters. The van der Waals surface area contributed by atoms with Gasteiger partial charge in [0, 0.05) is 12.0 Å². The molecule has 78 valence electrons. The third-order valence-electron chi connectivity index (χ3n) is 2.82. The Labute approximate surface area is 84.3 Å². The quantitative estimate of drug-likeness (QED) is 0.779. The summed E-state index contributed by atoms with van der Waals surface area (Å²) < 4.78 is 5.13. The molecule has 0 aliphatic rings. The van der Waals surface area contributed by atoms with E-state index in [1.165, 1.54) is 0 Å². The molecule has 0 spiro atoms. The van der Waals surface area contributed by atoms with Gasteiger partial charge in [-0.2, -0.15) is 0 Å². The van der Waals surface area contributed by atoms with Crippen molar-refractivity contribution in [2.24, 2.45) is 11.1 Å². The first-order valence-electron chi connectivity index (χ1n) is 4.88. The molecule has 3 nitrogen and oxygen atoms in total. The normalized spacial score (nSPS) is 15.1. The van der Waals surface area contributed by atoms with Crippen LogP contribution in [0.1, 0.15) is 26.0 Å². The molecule has 1 heterocycles. The van der Waals surface area contributed by atoms with Crippen LogP contribution in [-0.4, -0.2) is 12.3 Å². The fraction of sp³-hybridized carbons (Fsp3) is 0.545. The zero-order valence-corrected chi connectivity index (χ0v) is 8.75. The Hall–Kier alpha value is -1.09. The predicted octanol–water partition coefficient (Wildman–Crippen LogP) is 1.77. The minimum Gasteiger partial charge on any atom is -0.469 e. The molecule has 0 aromatic carbocycles. The zero-order chi connectivity index (χ0) is 10.6. The molecule has 0 radical (unpaired) electrons. The lowest BCUT2D eigenvalue weighted by atomic mass is 9.81. The lowest BCUT2D eigenvalue weighted by Gasteiger charge is -2.23. The van der Waals surface area contributed by atoms with Crippen LogP contribution in [0.4, 0.5) is 0 Å². The van der Waals surface area contributed by atoms with Crippen LogP contribution in [-0.2, 0) is 11.2 Å². The summed E-state index contributed by atoms with van der Waals surface area (Å²) in [6.07, 6.45) is 2.69. The van der Waals surface area contributed by atoms with Crippen LogP contribution in [0.25, 0.3) is 0 Å². The van der Waals surface area contributed by atoms with Gasteiger partial charge in [0.15, 0.2) is 0 Å². The molecular formula is C11H17NO2. The standard InChI is InChI=1S/C11H17NO2/c1-3-11(2,8-12)10(13)7-9-5-4-6-14-9/h4-6H,3,7-8,12H2,1-2H3. The number of carbonyl (C=O) groups excluding carboxylic acids is 1. The average Bonchev–Trinajstić information content (AvgIpc) is 2.69. The smallest absolute Gasteiger partial charge is 0.147 e. The summed E-state index contributed by atoms with van der Waals surface area (Å²) in [4.78, 5) is 11.9. The summed E-state index contributed by atoms with van der Waals surface area (Å²) in [6.45, 7) is 4.27. The molecular weight excluding hydrogens is 178 g/mol. The Morgan fingerprint density at radius 1 is 1.64 bits per heavy atom. The maximum absolute atomic E-state index is 11.9. The van der Waals surface area contributed by atoms with Gasteiger partial charge in [-0.15, -0.1) is 0 Å². The van der Waals surface area contributed by atoms with Crippen molar-refractivity contribution in [3.63, 3.8) is 0 Å². The molecule has 0 aliphatic heterocycles. The molecule has 2 N–H and O–H groups in total. The average molecular weight is 195 g/mol. The number of ketones is 1. The number of nitrogens with two attached hydrogens (primary N) is 1. The van der Waals surface area contributed by atoms with Crippen molar-refractivity contribution >= 4 is 5.78 Å². The van der Waals surface area contributed by atoms with Gasteiger partial charge in [0.25, 0.3) is 0 Å². The number of furan rings is 1. The Bertz CT molecular complexity index is 286. The van der Waals surface area contributed by atoms with E-state index in [-0.39, 0.29) is 5.78 Å². The molecule has 1 rings (SSSR count). The Kier molecular flexibility index (Phi) is 3.47. The van der Waals surface area contributed by atoms with Gasteiger partial charge in [-0.3, -0.25) is 4.79 Å². The number of rotatable bonds is 5. The van der Waals surface area contributed by atoms with E-state index in [1.54, 1.807) is 12.3 Å². The topological polar surface area (TPSA) is 56.2 Å². The minimum atomic E-state index is -0.410. The van der Waals surface area contributed by atoms with E-state index in [9.17, 15) is 4.79 Å². The fourth-order valence-corrected chi connectivity index (χ4v) is 1.24. The first kappa shape index (κ1) is 11.0. The van der Waals surface area contributed by atoms with E-state index in [0.717, 1.165) is 6.42 Å². The summed E-state index contributed by atoms with van der Waals surface area (Å²) in [5.41, 5.74) is 5.19. The van der Waals surface area contributed by atoms with Crippen molar-refractivity contribution in [3.8, 4) is 0 Å². The van der Waals surface area contributed by atoms with E-state index >= 15 is 0 Å². The van der Waals surface area contributed by atoms with Crippen LogP contribution in [0.2, 0.25) is 0 Å². The maximum Gasteiger partial charge on any atom is 0.147 e. The highest BCUT2D eigenvalue weighted by Gasteiger charge is 2.29. The van der Waals surface area contributed by atoms with E-state index in [0.29, 0.717) is 18.7 Å². The monoisotopic (exact) mass is 195 g/mol. The summed E-state index contributed by atoms with van der Waals surface area (Å²) in [7, 11) is 0. The van der Waals surface area contributed by atoms with Crippen molar-refractivity contribution in [1.29, 1.82) is 0 Å². The molecule has 0 bridgehead atoms. The maximum atomic E-state index is 11.9. The Morgan fingerprint density at radius 2 is 2.36 bits per heavy atom. The fourth-order valence-electron chi connectivity index (χ4n) is 1.24. The summed E-state index contributed by atoms with van der Waals surface area (Å²) in [6, 6.07) is 3.60. The second kappa shape index (κ2) is 4.42. The van der Waals surface area contributed by atoms with Gasteiger partial charge < -0.3 is 10.2 Å². The number of hydrogen-bond acceptors (Lipinski definition) is 3. The second-order valence-corrected chi connectivity index (χ2v) is 3.80. The first-order valence-corrected chi connectivity index (χ1v) is 4.88. The molecule has 3 heteroatoms. The highest BCUT2D eigenvalue weighted by molar-refractivity contribution is 5.86. The van der Waals surface area contributed by atoms with Crippen LogP contribution < -0.4 is 5.73 Å². The van der Waals surface area contributed by atoms with Crippen LogP contribution in [0.15, 0.2) is 22.8 Å². The van der Waals surface area contributed by atoms with Crippen LogP contribution in [0.5, 0.6) is 0 Å². The highest BCUT2D eigenvalue weighted by Crippen LogP contribution is 2.22. The van der Waals surface area contributed by atoms with E-state index in [2.05, 4.69) is 0 Å². The Morgan fingerprint density at radius 3 is 2.79 bits per heavy atom. The van der Waals surface area contributed by atoms with Crippen LogP contribution in [0.3, 0.4) is 0 Å². The van der Waals surface area contributed by atoms with E-state index < -0.39 is 5.41 Å². The van der Waals surface area contributed by atoms with Crippen molar-refractivity contribution in [1.82, 2.24) is 0 Å². The van der Waals surface area contributed by atoms with E-state index in [1.807, 2.05) is 19.9 Å². The first-order chi connectivity index (χ1) is 6.62. The molecule has 0 fully saturated rings. The van der Waals surface area contributed by atoms with Crippen molar-refractivity contribution in [3.05, 3.63) is 24.2 Å². The summed E-state index contributed by atoms with van der Waals surface area (Å²) in [5.74, 6) is 0.862. The highest BCUT2D eigenvalue weighted by atomic mass is 16.3. The summed E-state index contributed by atoms with van der Waals surface area (Å²) >= 11 is 0. The van der Waals surface area contributed by atoms with Crippen molar-refractivity contribution in [2.75, 3.05) is 6.54 Å². The third kappa shape index (κ3) is 2.23. The molecule has 0 aliphatic carbocycles. The molecule has 1 atom stereocenters. The van der Waals surface area contributed by atoms with E-state index in [4.69, 9.17) is 10.2 Å². The van der Waals surface area contributed by atoms with Gasteiger partial charge in [0.1, 0.15) is 11.5 Å². The van der Waals surface area contributed by atoms with Crippen LogP contribution >= 0.6 is 0 Å². The Balaban J connectivity index is 2.66. The SMILES string of the molecule is CCC(C)(CN)C(=O)Cc1ccco1. The summed E-state index contributed by atoms with van der Waals surface area (Å²) in [5, 5.41) is 0. The van der Waals surface area contributed by atoms with Gasteiger partial charge in [-0.25, -0.2) is 0 Å². The van der Waals surface area contributed by atoms with Crippen molar-refractivity contribution in [2.45, 2.75) is 26.7 Å². The molecule has 0 amide bonds. The number of hydrogen-bond donors (Lipinski definition) is 1. The zero-order valence-electron chi connectivity index (χ0n) is 8.75. The number of Topliss-reactive ketones (excluding diaryl/α,β-unsaturated/α-hetero) is 1. The predicted molar refractivity (Wildman–Crippen MR) is 54.9 cm³/mol. The van der Waals surface area contributed by atoms with Gasteiger partial charge in [-0.1, -0.05) is 13.8 Å². The molecule has 0 saturated heterocycles. The van der Waals surface area contributed by atoms with Gasteiger partial charge in [0.2, 0.25) is 0 Å². The minimum absolute atomic E-state index is 0.150. The van der Waals surface area contributed by atoms with Gasteiger partial charge in [-0.05, 0) is 18.6 Å². The molecule has 1 aromatic rings. The lowest BCUT2D eigenvalue weighted by molar-refractivity contribution is -0.127. The molecule has 0 saturated carbocycles. The van der Waals surface area contributed by atoms with Crippen LogP contribution in [0, 0.1) is 5.41 Å². The third-order valence-corrected chi connectivity index (χ3v) is 2.82.